The lowest BCUT2D eigenvalue weighted by Crippen LogP contribution is -2.56. The van der Waals surface area contributed by atoms with Gasteiger partial charge < -0.3 is 24.8 Å². The lowest BCUT2D eigenvalue weighted by molar-refractivity contribution is -0.186. The van der Waals surface area contributed by atoms with Gasteiger partial charge in [-0.25, -0.2) is 26.6 Å². The maximum atomic E-state index is 14.1. The second-order valence-electron chi connectivity index (χ2n) is 11.1. The topological polar surface area (TPSA) is 128 Å². The molecule has 3 heterocycles. The molecule has 2 aliphatic rings. The molecule has 5 rings (SSSR count). The molecule has 236 valence electrons. The zero-order chi connectivity index (χ0) is 31.3. The second-order valence-corrected chi connectivity index (χ2v) is 12.3. The van der Waals surface area contributed by atoms with Gasteiger partial charge in [0.2, 0.25) is 5.92 Å². The van der Waals surface area contributed by atoms with Crippen LogP contribution < -0.4 is 0 Å². The summed E-state index contributed by atoms with van der Waals surface area (Å²) in [6.07, 6.45) is -2.11. The summed E-state index contributed by atoms with van der Waals surface area (Å²) in [5, 5.41) is 44.5. The van der Waals surface area contributed by atoms with Crippen LogP contribution in [0.1, 0.15) is 48.2 Å². The lowest BCUT2D eigenvalue weighted by atomic mass is 9.79. The van der Waals surface area contributed by atoms with Gasteiger partial charge in [0.05, 0.1) is 35.5 Å². The van der Waals surface area contributed by atoms with E-state index in [2.05, 4.69) is 15.4 Å². The minimum absolute atomic E-state index is 0.0306. The third kappa shape index (κ3) is 6.04. The summed E-state index contributed by atoms with van der Waals surface area (Å²) >= 11 is 1.09. The van der Waals surface area contributed by atoms with Crippen molar-refractivity contribution in [3.05, 3.63) is 53.2 Å². The molecule has 10 nitrogen and oxygen atoms in total. The molecule has 3 aromatic rings. The Morgan fingerprint density at radius 3 is 2.37 bits per heavy atom. The van der Waals surface area contributed by atoms with E-state index in [9.17, 15) is 37.3 Å². The van der Waals surface area contributed by atoms with Crippen molar-refractivity contribution in [3.8, 4) is 11.3 Å². The third-order valence-corrected chi connectivity index (χ3v) is 9.81. The monoisotopic (exact) mass is 633 g/mol. The molecule has 0 amide bonds. The smallest absolute Gasteiger partial charge is 0.248 e. The molecule has 0 spiro atoms. The molecule has 6 atom stereocenters. The summed E-state index contributed by atoms with van der Waals surface area (Å²) < 4.78 is 84.2. The number of thioether (sulfide) groups is 1. The molecule has 0 unspecified atom stereocenters. The molecule has 43 heavy (non-hydrogen) atoms. The molecule has 16 heteroatoms. The average molecular weight is 634 g/mol. The van der Waals surface area contributed by atoms with Gasteiger partial charge in [-0.3, -0.25) is 4.68 Å². The van der Waals surface area contributed by atoms with Crippen molar-refractivity contribution in [2.45, 2.75) is 79.2 Å². The molecule has 1 saturated carbocycles. The van der Waals surface area contributed by atoms with Gasteiger partial charge in [0.1, 0.15) is 35.5 Å². The number of alkyl halides is 2. The molecular formula is C27H32F5N5O5S. The molecule has 1 saturated heterocycles. The van der Waals surface area contributed by atoms with Crippen molar-refractivity contribution < 1.29 is 46.7 Å². The molecule has 1 aliphatic heterocycles. The van der Waals surface area contributed by atoms with Crippen molar-refractivity contribution in [1.29, 1.82) is 0 Å². The van der Waals surface area contributed by atoms with E-state index in [4.69, 9.17) is 9.47 Å². The van der Waals surface area contributed by atoms with Crippen LogP contribution in [0.15, 0.2) is 24.5 Å². The Labute approximate surface area is 247 Å². The van der Waals surface area contributed by atoms with E-state index in [1.807, 2.05) is 0 Å². The van der Waals surface area contributed by atoms with Crippen LogP contribution in [0.2, 0.25) is 0 Å². The third-order valence-electron chi connectivity index (χ3n) is 8.22. The van der Waals surface area contributed by atoms with Crippen LogP contribution >= 0.6 is 11.8 Å². The number of aliphatic hydroxyl groups excluding tert-OH is 2. The minimum atomic E-state index is -2.91. The van der Waals surface area contributed by atoms with Crippen LogP contribution in [0, 0.1) is 24.4 Å². The van der Waals surface area contributed by atoms with Crippen LogP contribution in [0.4, 0.5) is 22.0 Å². The highest BCUT2D eigenvalue weighted by Gasteiger charge is 2.53. The number of methoxy groups -OCH3 is 1. The Hall–Kier alpha value is -2.63. The number of aryl methyl sites for hydroxylation is 2. The van der Waals surface area contributed by atoms with Crippen molar-refractivity contribution >= 4 is 11.8 Å². The zero-order valence-electron chi connectivity index (χ0n) is 23.5. The Balaban J connectivity index is 1.51. The summed E-state index contributed by atoms with van der Waals surface area (Å²) in [5.41, 5.74) is -1.41. The quantitative estimate of drug-likeness (QED) is 0.253. The molecule has 0 radical (unpaired) electrons. The Morgan fingerprint density at radius 2 is 1.81 bits per heavy atom. The summed E-state index contributed by atoms with van der Waals surface area (Å²) in [4.78, 5) is 0. The van der Waals surface area contributed by atoms with E-state index in [0.717, 1.165) is 23.9 Å². The van der Waals surface area contributed by atoms with Crippen LogP contribution in [0.3, 0.4) is 0 Å². The normalized spacial score (nSPS) is 27.7. The first-order valence-corrected chi connectivity index (χ1v) is 14.5. The molecule has 1 aliphatic carbocycles. The van der Waals surface area contributed by atoms with Gasteiger partial charge in [-0.1, -0.05) is 5.21 Å². The molecule has 2 fully saturated rings. The average Bonchev–Trinajstić information content (AvgIpc) is 3.58. The zero-order valence-corrected chi connectivity index (χ0v) is 24.3. The van der Waals surface area contributed by atoms with Crippen LogP contribution in [-0.2, 0) is 16.5 Å². The fourth-order valence-electron chi connectivity index (χ4n) is 5.81. The molecule has 0 bridgehead atoms. The predicted octanol–water partition coefficient (Wildman–Crippen LogP) is 3.45. The van der Waals surface area contributed by atoms with Crippen molar-refractivity contribution in [2.24, 2.45) is 7.05 Å². The second kappa shape index (κ2) is 12.0. The maximum Gasteiger partial charge on any atom is 0.248 e. The van der Waals surface area contributed by atoms with Gasteiger partial charge in [0, 0.05) is 32.6 Å². The fraction of sp³-hybridized carbons (Fsp3) is 0.593. The Morgan fingerprint density at radius 1 is 1.16 bits per heavy atom. The number of aromatic nitrogens is 5. The van der Waals surface area contributed by atoms with E-state index in [1.54, 1.807) is 24.9 Å². The number of hydrogen-bond donors (Lipinski definition) is 3. The van der Waals surface area contributed by atoms with E-state index < -0.39 is 83.5 Å². The number of hydrogen-bond acceptors (Lipinski definition) is 9. The van der Waals surface area contributed by atoms with Gasteiger partial charge in [-0.05, 0) is 37.5 Å². The number of halogens is 5. The number of benzene rings is 1. The maximum absolute atomic E-state index is 14.1. The Bertz CT molecular complexity index is 1400. The molecule has 3 N–H and O–H groups in total. The standard InChI is InChI=1S/C27H32F5N5O5S/c1-13-10-33-36(2)20(13)24(26(40)4-6-27(31,32)7-5-26)43-25-23(41-3)21(22(39)18(12-38)42-25)37-11-17(34-35-37)14-8-15(28)19(30)16(29)9-14/h8-11,18,21-25,38-40H,4-7,12H2,1-3H3/t18-,21+,22+,23-,24-,25+/m1/s1. The molecular weight excluding hydrogens is 601 g/mol. The first-order valence-electron chi connectivity index (χ1n) is 13.6. The summed E-state index contributed by atoms with van der Waals surface area (Å²) in [6, 6.07) is 0.444. The summed E-state index contributed by atoms with van der Waals surface area (Å²) in [7, 11) is 3.02. The fourth-order valence-corrected chi connectivity index (χ4v) is 7.66. The lowest BCUT2D eigenvalue weighted by Gasteiger charge is -2.47. The summed E-state index contributed by atoms with van der Waals surface area (Å²) in [6.45, 7) is 1.17. The number of ether oxygens (including phenoxy) is 2. The first kappa shape index (κ1) is 31.8. The highest BCUT2D eigenvalue weighted by molar-refractivity contribution is 8.00. The molecule has 1 aromatic carbocycles. The SMILES string of the molecule is CO[C@@H]1[C@@H](n2cc(-c3cc(F)c(F)c(F)c3)nn2)[C@@H](O)[C@@H](CO)O[C@H]1S[C@H](c1c(C)cnn1C)C1(O)CCC(F)(F)CC1. The molecule has 2 aromatic heterocycles. The highest BCUT2D eigenvalue weighted by Crippen LogP contribution is 2.53. The van der Waals surface area contributed by atoms with E-state index >= 15 is 0 Å². The van der Waals surface area contributed by atoms with Gasteiger partial charge in [-0.2, -0.15) is 5.10 Å². The highest BCUT2D eigenvalue weighted by atomic mass is 32.2. The van der Waals surface area contributed by atoms with Crippen molar-refractivity contribution in [1.82, 2.24) is 24.8 Å². The number of rotatable bonds is 8. The first-order chi connectivity index (χ1) is 20.3. The van der Waals surface area contributed by atoms with E-state index in [1.165, 1.54) is 18.0 Å². The van der Waals surface area contributed by atoms with E-state index in [0.29, 0.717) is 11.3 Å². The number of aliphatic hydroxyl groups is 3. The van der Waals surface area contributed by atoms with Crippen LogP contribution in [0.5, 0.6) is 0 Å². The van der Waals surface area contributed by atoms with Gasteiger partial charge in [-0.15, -0.1) is 16.9 Å². The van der Waals surface area contributed by atoms with Crippen LogP contribution in [-0.4, -0.2) is 89.1 Å². The Kier molecular flexibility index (Phi) is 8.90. The van der Waals surface area contributed by atoms with Crippen molar-refractivity contribution in [3.63, 3.8) is 0 Å². The predicted molar refractivity (Wildman–Crippen MR) is 144 cm³/mol. The summed E-state index contributed by atoms with van der Waals surface area (Å²) in [5.74, 6) is -7.38. The van der Waals surface area contributed by atoms with E-state index in [-0.39, 0.29) is 24.1 Å². The van der Waals surface area contributed by atoms with Crippen LogP contribution in [0.25, 0.3) is 11.3 Å². The van der Waals surface area contributed by atoms with Gasteiger partial charge in [0.25, 0.3) is 0 Å². The van der Waals surface area contributed by atoms with Gasteiger partial charge >= 0.3 is 0 Å². The number of nitrogens with zero attached hydrogens (tertiary/aromatic N) is 5. The largest absolute Gasteiger partial charge is 0.394 e. The minimum Gasteiger partial charge on any atom is -0.394 e. The van der Waals surface area contributed by atoms with Gasteiger partial charge in [0.15, 0.2) is 17.5 Å². The van der Waals surface area contributed by atoms with Crippen molar-refractivity contribution in [2.75, 3.05) is 13.7 Å².